The summed E-state index contributed by atoms with van der Waals surface area (Å²) in [5, 5.41) is 4.70. The molecule has 1 saturated carbocycles. The average Bonchev–Trinajstić information content (AvgIpc) is 3.10. The summed E-state index contributed by atoms with van der Waals surface area (Å²) in [5.74, 6) is 0. The SMILES string of the molecule is Cc1nc(C2CN(C)CCO2)sc1CNC1CC1. The Labute approximate surface area is 112 Å². The minimum Gasteiger partial charge on any atom is -0.368 e. The van der Waals surface area contributed by atoms with E-state index in [1.165, 1.54) is 23.4 Å². The molecule has 5 heteroatoms. The Hall–Kier alpha value is -0.490. The van der Waals surface area contributed by atoms with E-state index in [4.69, 9.17) is 9.72 Å². The lowest BCUT2D eigenvalue weighted by atomic mass is 10.3. The van der Waals surface area contributed by atoms with E-state index in [1.807, 2.05) is 11.3 Å². The van der Waals surface area contributed by atoms with Crippen LogP contribution in [0.25, 0.3) is 0 Å². The summed E-state index contributed by atoms with van der Waals surface area (Å²) in [6, 6.07) is 0.756. The van der Waals surface area contributed by atoms with Gasteiger partial charge in [0.2, 0.25) is 0 Å². The Morgan fingerprint density at radius 1 is 1.50 bits per heavy atom. The summed E-state index contributed by atoms with van der Waals surface area (Å²) in [5.41, 5.74) is 1.17. The largest absolute Gasteiger partial charge is 0.368 e. The van der Waals surface area contributed by atoms with Crippen LogP contribution < -0.4 is 5.32 Å². The maximum Gasteiger partial charge on any atom is 0.123 e. The van der Waals surface area contributed by atoms with Crippen LogP contribution in [0.5, 0.6) is 0 Å². The summed E-state index contributed by atoms with van der Waals surface area (Å²) >= 11 is 1.81. The molecular weight excluding hydrogens is 246 g/mol. The first-order chi connectivity index (χ1) is 8.72. The number of nitrogens with zero attached hydrogens (tertiary/aromatic N) is 2. The molecule has 2 heterocycles. The molecule has 100 valence electrons. The second kappa shape index (κ2) is 5.25. The van der Waals surface area contributed by atoms with Gasteiger partial charge in [-0.05, 0) is 26.8 Å². The summed E-state index contributed by atoms with van der Waals surface area (Å²) in [4.78, 5) is 8.38. The fraction of sp³-hybridized carbons (Fsp3) is 0.769. The van der Waals surface area contributed by atoms with E-state index < -0.39 is 0 Å². The number of hydrogen-bond donors (Lipinski definition) is 1. The van der Waals surface area contributed by atoms with E-state index in [0.717, 1.165) is 37.3 Å². The second-order valence-corrected chi connectivity index (χ2v) is 6.45. The number of thiazole rings is 1. The number of hydrogen-bond acceptors (Lipinski definition) is 5. The quantitative estimate of drug-likeness (QED) is 0.901. The fourth-order valence-corrected chi connectivity index (χ4v) is 3.26. The topological polar surface area (TPSA) is 37.4 Å². The molecule has 0 aromatic carbocycles. The van der Waals surface area contributed by atoms with Crippen LogP contribution in [-0.2, 0) is 11.3 Å². The minimum absolute atomic E-state index is 0.169. The molecule has 1 aliphatic heterocycles. The van der Waals surface area contributed by atoms with Gasteiger partial charge in [-0.2, -0.15) is 0 Å². The molecule has 1 aromatic rings. The molecule has 1 N–H and O–H groups in total. The zero-order valence-corrected chi connectivity index (χ0v) is 11.9. The van der Waals surface area contributed by atoms with Crippen LogP contribution in [0.2, 0.25) is 0 Å². The smallest absolute Gasteiger partial charge is 0.123 e. The Bertz CT molecular complexity index is 416. The van der Waals surface area contributed by atoms with E-state index in [-0.39, 0.29) is 6.10 Å². The Balaban J connectivity index is 1.66. The molecule has 1 aliphatic carbocycles. The third-order valence-corrected chi connectivity index (χ3v) is 4.83. The summed E-state index contributed by atoms with van der Waals surface area (Å²) in [6.45, 7) is 5.88. The van der Waals surface area contributed by atoms with Gasteiger partial charge >= 0.3 is 0 Å². The first-order valence-corrected chi connectivity index (χ1v) is 7.54. The van der Waals surface area contributed by atoms with Gasteiger partial charge in [-0.25, -0.2) is 4.98 Å². The van der Waals surface area contributed by atoms with Crippen molar-refractivity contribution < 1.29 is 4.74 Å². The van der Waals surface area contributed by atoms with Gasteiger partial charge in [0, 0.05) is 30.6 Å². The van der Waals surface area contributed by atoms with Crippen molar-refractivity contribution in [3.8, 4) is 0 Å². The van der Waals surface area contributed by atoms with Crippen molar-refractivity contribution in [1.29, 1.82) is 0 Å². The highest BCUT2D eigenvalue weighted by Gasteiger charge is 2.25. The maximum atomic E-state index is 5.83. The fourth-order valence-electron chi connectivity index (χ4n) is 2.20. The first-order valence-electron chi connectivity index (χ1n) is 6.72. The number of aryl methyl sites for hydroxylation is 1. The molecule has 2 fully saturated rings. The Morgan fingerprint density at radius 3 is 3.06 bits per heavy atom. The predicted octanol–water partition coefficient (Wildman–Crippen LogP) is 1.71. The monoisotopic (exact) mass is 267 g/mol. The maximum absolute atomic E-state index is 5.83. The van der Waals surface area contributed by atoms with Crippen molar-refractivity contribution in [1.82, 2.24) is 15.2 Å². The number of rotatable bonds is 4. The lowest BCUT2D eigenvalue weighted by Gasteiger charge is -2.28. The molecule has 1 saturated heterocycles. The van der Waals surface area contributed by atoms with Gasteiger partial charge in [0.15, 0.2) is 0 Å². The summed E-state index contributed by atoms with van der Waals surface area (Å²) in [7, 11) is 2.14. The average molecular weight is 267 g/mol. The lowest BCUT2D eigenvalue weighted by Crippen LogP contribution is -2.35. The Morgan fingerprint density at radius 2 is 2.33 bits per heavy atom. The highest BCUT2D eigenvalue weighted by atomic mass is 32.1. The van der Waals surface area contributed by atoms with Crippen molar-refractivity contribution >= 4 is 11.3 Å². The van der Waals surface area contributed by atoms with Crippen LogP contribution >= 0.6 is 11.3 Å². The molecular formula is C13H21N3OS. The number of morpholine rings is 1. The van der Waals surface area contributed by atoms with E-state index in [2.05, 4.69) is 24.2 Å². The molecule has 0 amide bonds. The highest BCUT2D eigenvalue weighted by Crippen LogP contribution is 2.29. The summed E-state index contributed by atoms with van der Waals surface area (Å²) in [6.07, 6.45) is 2.84. The number of ether oxygens (including phenoxy) is 1. The molecule has 18 heavy (non-hydrogen) atoms. The van der Waals surface area contributed by atoms with Crippen molar-refractivity contribution in [3.63, 3.8) is 0 Å². The second-order valence-electron chi connectivity index (χ2n) is 5.34. The normalized spacial score (nSPS) is 25.6. The molecule has 0 bridgehead atoms. The van der Waals surface area contributed by atoms with Crippen LogP contribution in [0.15, 0.2) is 0 Å². The standard InChI is InChI=1S/C13H21N3OS/c1-9-12(7-14-10-3-4-10)18-13(15-9)11-8-16(2)5-6-17-11/h10-11,14H,3-8H2,1-2H3. The number of aromatic nitrogens is 1. The first kappa shape index (κ1) is 12.5. The van der Waals surface area contributed by atoms with Crippen LogP contribution in [0.4, 0.5) is 0 Å². The molecule has 0 spiro atoms. The Kier molecular flexibility index (Phi) is 3.66. The predicted molar refractivity (Wildman–Crippen MR) is 72.9 cm³/mol. The highest BCUT2D eigenvalue weighted by molar-refractivity contribution is 7.11. The van der Waals surface area contributed by atoms with Crippen LogP contribution in [0.1, 0.15) is 34.5 Å². The van der Waals surface area contributed by atoms with Gasteiger partial charge in [0.05, 0.1) is 12.3 Å². The molecule has 1 aromatic heterocycles. The molecule has 1 atom stereocenters. The van der Waals surface area contributed by atoms with Gasteiger partial charge in [-0.15, -0.1) is 11.3 Å². The van der Waals surface area contributed by atoms with E-state index >= 15 is 0 Å². The van der Waals surface area contributed by atoms with Crippen molar-refractivity contribution in [2.45, 2.75) is 38.5 Å². The third kappa shape index (κ3) is 2.91. The third-order valence-electron chi connectivity index (χ3n) is 3.58. The van der Waals surface area contributed by atoms with Crippen LogP contribution in [0, 0.1) is 6.92 Å². The number of likely N-dealkylation sites (N-methyl/N-ethyl adjacent to an activating group) is 1. The van der Waals surface area contributed by atoms with E-state index in [1.54, 1.807) is 0 Å². The molecule has 4 nitrogen and oxygen atoms in total. The van der Waals surface area contributed by atoms with E-state index in [0.29, 0.717) is 0 Å². The van der Waals surface area contributed by atoms with Crippen molar-refractivity contribution in [3.05, 3.63) is 15.6 Å². The molecule has 3 rings (SSSR count). The van der Waals surface area contributed by atoms with Crippen LogP contribution in [-0.4, -0.2) is 42.7 Å². The minimum atomic E-state index is 0.169. The van der Waals surface area contributed by atoms with Gasteiger partial charge in [0.25, 0.3) is 0 Å². The lowest BCUT2D eigenvalue weighted by molar-refractivity contribution is -0.0210. The van der Waals surface area contributed by atoms with Gasteiger partial charge in [0.1, 0.15) is 11.1 Å². The van der Waals surface area contributed by atoms with Crippen molar-refractivity contribution in [2.24, 2.45) is 0 Å². The zero-order valence-electron chi connectivity index (χ0n) is 11.1. The van der Waals surface area contributed by atoms with Gasteiger partial charge in [-0.1, -0.05) is 0 Å². The van der Waals surface area contributed by atoms with Crippen molar-refractivity contribution in [2.75, 3.05) is 26.7 Å². The number of nitrogens with one attached hydrogen (secondary N) is 1. The zero-order chi connectivity index (χ0) is 12.5. The van der Waals surface area contributed by atoms with Gasteiger partial charge in [-0.3, -0.25) is 0 Å². The molecule has 2 aliphatic rings. The van der Waals surface area contributed by atoms with E-state index in [9.17, 15) is 0 Å². The van der Waals surface area contributed by atoms with Crippen LogP contribution in [0.3, 0.4) is 0 Å². The van der Waals surface area contributed by atoms with Gasteiger partial charge < -0.3 is 15.0 Å². The molecule has 0 radical (unpaired) electrons. The molecule has 1 unspecified atom stereocenters. The summed E-state index contributed by atoms with van der Waals surface area (Å²) < 4.78 is 5.83.